The molecule has 0 bridgehead atoms. The standard InChI is InChI=1S/C12H18ClN3O2S/c1-8(5-11(17)18)9-3-2-4-16(6-9)7-10-12(13)19-15-14-10/h8-9H,2-7H2,1H3,(H,17,18). The van der Waals surface area contributed by atoms with Gasteiger partial charge in [-0.2, -0.15) is 0 Å². The van der Waals surface area contributed by atoms with E-state index in [1.54, 1.807) is 0 Å². The van der Waals surface area contributed by atoms with Crippen molar-refractivity contribution in [3.8, 4) is 0 Å². The Morgan fingerprint density at radius 3 is 3.11 bits per heavy atom. The minimum absolute atomic E-state index is 0.212. The van der Waals surface area contributed by atoms with Crippen molar-refractivity contribution >= 4 is 29.1 Å². The number of piperidine rings is 1. The Morgan fingerprint density at radius 2 is 2.47 bits per heavy atom. The van der Waals surface area contributed by atoms with Crippen LogP contribution in [0.3, 0.4) is 0 Å². The van der Waals surface area contributed by atoms with Gasteiger partial charge in [-0.3, -0.25) is 9.69 Å². The average Bonchev–Trinajstić information content (AvgIpc) is 2.75. The van der Waals surface area contributed by atoms with E-state index in [-0.39, 0.29) is 12.3 Å². The maximum atomic E-state index is 10.8. The van der Waals surface area contributed by atoms with Crippen molar-refractivity contribution in [2.75, 3.05) is 13.1 Å². The number of nitrogens with zero attached hydrogens (tertiary/aromatic N) is 3. The summed E-state index contributed by atoms with van der Waals surface area (Å²) in [6.45, 7) is 4.68. The van der Waals surface area contributed by atoms with Crippen molar-refractivity contribution in [2.24, 2.45) is 11.8 Å². The smallest absolute Gasteiger partial charge is 0.303 e. The Bertz CT molecular complexity index is 440. The number of likely N-dealkylation sites (tertiary alicyclic amines) is 1. The molecule has 1 saturated heterocycles. The SMILES string of the molecule is CC(CC(=O)O)C1CCCN(Cc2nnsc2Cl)C1. The molecule has 0 spiro atoms. The fraction of sp³-hybridized carbons (Fsp3) is 0.750. The summed E-state index contributed by atoms with van der Waals surface area (Å²) in [6, 6.07) is 0. The summed E-state index contributed by atoms with van der Waals surface area (Å²) < 4.78 is 4.49. The Hall–Kier alpha value is -0.720. The minimum atomic E-state index is -0.712. The lowest BCUT2D eigenvalue weighted by Crippen LogP contribution is -2.38. The zero-order chi connectivity index (χ0) is 13.8. The predicted molar refractivity (Wildman–Crippen MR) is 74.3 cm³/mol. The van der Waals surface area contributed by atoms with Crippen molar-refractivity contribution in [1.82, 2.24) is 14.5 Å². The highest BCUT2D eigenvalue weighted by molar-refractivity contribution is 7.10. The van der Waals surface area contributed by atoms with Gasteiger partial charge in [-0.05, 0) is 31.2 Å². The van der Waals surface area contributed by atoms with Crippen LogP contribution in [0, 0.1) is 11.8 Å². The molecular weight excluding hydrogens is 286 g/mol. The summed E-state index contributed by atoms with van der Waals surface area (Å²) in [5, 5.41) is 12.9. The molecular formula is C12H18ClN3O2S. The number of carboxylic acid groups (broad SMARTS) is 1. The highest BCUT2D eigenvalue weighted by Crippen LogP contribution is 2.28. The van der Waals surface area contributed by atoms with E-state index in [0.717, 1.165) is 31.6 Å². The van der Waals surface area contributed by atoms with Crippen molar-refractivity contribution in [2.45, 2.75) is 32.7 Å². The fourth-order valence-electron chi connectivity index (χ4n) is 2.64. The van der Waals surface area contributed by atoms with Crippen LogP contribution in [0.1, 0.15) is 31.9 Å². The van der Waals surface area contributed by atoms with Crippen LogP contribution in [0.15, 0.2) is 0 Å². The second-order valence-electron chi connectivity index (χ2n) is 5.21. The van der Waals surface area contributed by atoms with E-state index in [2.05, 4.69) is 14.5 Å². The van der Waals surface area contributed by atoms with Crippen molar-refractivity contribution < 1.29 is 9.90 Å². The Kier molecular flexibility index (Phi) is 5.13. The van der Waals surface area contributed by atoms with E-state index in [1.807, 2.05) is 6.92 Å². The summed E-state index contributed by atoms with van der Waals surface area (Å²) in [5.74, 6) is -0.0593. The number of hydrogen-bond donors (Lipinski definition) is 1. The topological polar surface area (TPSA) is 66.3 Å². The quantitative estimate of drug-likeness (QED) is 0.905. The molecule has 106 valence electrons. The van der Waals surface area contributed by atoms with Gasteiger partial charge in [0.25, 0.3) is 0 Å². The third-order valence-corrected chi connectivity index (χ3v) is 4.71. The zero-order valence-corrected chi connectivity index (χ0v) is 12.5. The summed E-state index contributed by atoms with van der Waals surface area (Å²) in [7, 11) is 0. The average molecular weight is 304 g/mol. The number of carbonyl (C=O) groups is 1. The number of halogens is 1. The lowest BCUT2D eigenvalue weighted by atomic mass is 9.84. The lowest BCUT2D eigenvalue weighted by molar-refractivity contribution is -0.138. The second kappa shape index (κ2) is 6.63. The van der Waals surface area contributed by atoms with Crippen LogP contribution >= 0.6 is 23.1 Å². The Morgan fingerprint density at radius 1 is 1.68 bits per heavy atom. The first-order chi connectivity index (χ1) is 9.06. The third kappa shape index (κ3) is 4.12. The maximum absolute atomic E-state index is 10.8. The van der Waals surface area contributed by atoms with Crippen LogP contribution in [-0.4, -0.2) is 38.7 Å². The Balaban J connectivity index is 1.90. The molecule has 1 fully saturated rings. The number of aliphatic carboxylic acids is 1. The molecule has 2 atom stereocenters. The number of aromatic nitrogens is 2. The summed E-state index contributed by atoms with van der Waals surface area (Å²) >= 11 is 7.22. The van der Waals surface area contributed by atoms with E-state index in [0.29, 0.717) is 16.8 Å². The maximum Gasteiger partial charge on any atom is 0.303 e. The minimum Gasteiger partial charge on any atom is -0.481 e. The Labute approximate surface area is 121 Å². The first-order valence-corrected chi connectivity index (χ1v) is 7.62. The molecule has 1 aromatic heterocycles. The summed E-state index contributed by atoms with van der Waals surface area (Å²) in [5.41, 5.74) is 0.832. The van der Waals surface area contributed by atoms with Crippen molar-refractivity contribution in [3.05, 3.63) is 10.0 Å². The molecule has 1 aromatic rings. The second-order valence-corrected chi connectivity index (χ2v) is 6.56. The monoisotopic (exact) mass is 303 g/mol. The van der Waals surface area contributed by atoms with E-state index in [4.69, 9.17) is 16.7 Å². The van der Waals surface area contributed by atoms with Gasteiger partial charge < -0.3 is 5.11 Å². The fourth-order valence-corrected chi connectivity index (χ4v) is 3.26. The van der Waals surface area contributed by atoms with Gasteiger partial charge in [-0.1, -0.05) is 23.0 Å². The molecule has 1 N–H and O–H groups in total. The number of rotatable bonds is 5. The van der Waals surface area contributed by atoms with Crippen LogP contribution in [0.4, 0.5) is 0 Å². The van der Waals surface area contributed by atoms with Gasteiger partial charge in [0.15, 0.2) is 0 Å². The van der Waals surface area contributed by atoms with Gasteiger partial charge in [0, 0.05) is 31.0 Å². The van der Waals surface area contributed by atoms with Crippen LogP contribution in [0.2, 0.25) is 4.34 Å². The van der Waals surface area contributed by atoms with Crippen LogP contribution in [0.25, 0.3) is 0 Å². The molecule has 0 radical (unpaired) electrons. The molecule has 7 heteroatoms. The molecule has 2 rings (SSSR count). The van der Waals surface area contributed by atoms with Gasteiger partial charge in [0.05, 0.1) is 0 Å². The predicted octanol–water partition coefficient (Wildman–Crippen LogP) is 2.51. The first kappa shape index (κ1) is 14.7. The third-order valence-electron chi connectivity index (χ3n) is 3.73. The van der Waals surface area contributed by atoms with E-state index in [1.165, 1.54) is 11.5 Å². The summed E-state index contributed by atoms with van der Waals surface area (Å²) in [4.78, 5) is 13.1. The lowest BCUT2D eigenvalue weighted by Gasteiger charge is -2.35. The largest absolute Gasteiger partial charge is 0.481 e. The molecule has 5 nitrogen and oxygen atoms in total. The van der Waals surface area contributed by atoms with Crippen LogP contribution < -0.4 is 0 Å². The van der Waals surface area contributed by atoms with E-state index in [9.17, 15) is 4.79 Å². The number of hydrogen-bond acceptors (Lipinski definition) is 5. The zero-order valence-electron chi connectivity index (χ0n) is 10.9. The first-order valence-electron chi connectivity index (χ1n) is 6.47. The van der Waals surface area contributed by atoms with Gasteiger partial charge in [0.2, 0.25) is 0 Å². The van der Waals surface area contributed by atoms with Crippen molar-refractivity contribution in [3.63, 3.8) is 0 Å². The molecule has 0 saturated carbocycles. The normalized spacial score (nSPS) is 22.3. The molecule has 1 aliphatic heterocycles. The molecule has 1 aliphatic rings. The highest BCUT2D eigenvalue weighted by atomic mass is 35.5. The summed E-state index contributed by atoms with van der Waals surface area (Å²) in [6.07, 6.45) is 2.45. The van der Waals surface area contributed by atoms with Gasteiger partial charge in [-0.25, -0.2) is 0 Å². The van der Waals surface area contributed by atoms with E-state index >= 15 is 0 Å². The molecule has 0 aromatic carbocycles. The van der Waals surface area contributed by atoms with Crippen LogP contribution in [-0.2, 0) is 11.3 Å². The van der Waals surface area contributed by atoms with E-state index < -0.39 is 5.97 Å². The molecule has 0 aliphatic carbocycles. The highest BCUT2D eigenvalue weighted by Gasteiger charge is 2.26. The molecule has 2 unspecified atom stereocenters. The molecule has 2 heterocycles. The van der Waals surface area contributed by atoms with Gasteiger partial charge in [-0.15, -0.1) is 5.10 Å². The molecule has 0 amide bonds. The van der Waals surface area contributed by atoms with Gasteiger partial charge >= 0.3 is 5.97 Å². The van der Waals surface area contributed by atoms with Gasteiger partial charge in [0.1, 0.15) is 10.0 Å². The van der Waals surface area contributed by atoms with Crippen molar-refractivity contribution in [1.29, 1.82) is 0 Å². The number of carboxylic acids is 1. The molecule has 19 heavy (non-hydrogen) atoms. The van der Waals surface area contributed by atoms with Crippen LogP contribution in [0.5, 0.6) is 0 Å².